The van der Waals surface area contributed by atoms with Gasteiger partial charge in [-0.25, -0.2) is 19.2 Å². The number of aromatic nitrogens is 3. The van der Waals surface area contributed by atoms with Crippen LogP contribution in [0, 0.1) is 18.7 Å². The van der Waals surface area contributed by atoms with Crippen LogP contribution < -0.4 is 20.9 Å². The van der Waals surface area contributed by atoms with Gasteiger partial charge in [-0.15, -0.1) is 0 Å². The van der Waals surface area contributed by atoms with Crippen LogP contribution in [0.1, 0.15) is 61.4 Å². The number of aromatic amines is 1. The highest BCUT2D eigenvalue weighted by molar-refractivity contribution is 6.04. The second kappa shape index (κ2) is 15.3. The molecule has 4 N–H and O–H groups in total. The fourth-order valence-corrected chi connectivity index (χ4v) is 6.83. The molecule has 2 aromatic heterocycles. The summed E-state index contributed by atoms with van der Waals surface area (Å²) in [6.45, 7) is 10.9. The Morgan fingerprint density at radius 3 is 2.47 bits per heavy atom. The van der Waals surface area contributed by atoms with Gasteiger partial charge in [-0.1, -0.05) is 38.1 Å². The van der Waals surface area contributed by atoms with Gasteiger partial charge in [0.1, 0.15) is 23.5 Å². The molecule has 2 aliphatic heterocycles. The number of aryl methyl sites for hydroxylation is 1. The summed E-state index contributed by atoms with van der Waals surface area (Å²) in [5.41, 5.74) is 4.45. The summed E-state index contributed by atoms with van der Waals surface area (Å²) in [5.74, 6) is 0.228. The highest BCUT2D eigenvalue weighted by atomic mass is 19.1. The molecule has 0 spiro atoms. The number of anilines is 2. The Kier molecular flexibility index (Phi) is 10.7. The fourth-order valence-electron chi connectivity index (χ4n) is 6.83. The van der Waals surface area contributed by atoms with E-state index >= 15 is 4.39 Å². The average molecular weight is 697 g/mol. The third-order valence-corrected chi connectivity index (χ3v) is 9.71. The molecule has 51 heavy (non-hydrogen) atoms. The minimum atomic E-state index is -0.708. The number of nitrogens with one attached hydrogen (secondary N) is 4. The predicted octanol–water partition coefficient (Wildman–Crippen LogP) is 5.68. The number of hydrogen-bond acceptors (Lipinski definition) is 8. The number of hydrogen-bond donors (Lipinski definition) is 4. The van der Waals surface area contributed by atoms with E-state index in [-0.39, 0.29) is 23.6 Å². The van der Waals surface area contributed by atoms with Crippen molar-refractivity contribution in [1.82, 2.24) is 30.5 Å². The number of pyridine rings is 1. The number of imidazole rings is 1. The molecule has 0 saturated carbocycles. The van der Waals surface area contributed by atoms with Gasteiger partial charge < -0.3 is 35.5 Å². The second-order valence-corrected chi connectivity index (χ2v) is 13.6. The normalized spacial score (nSPS) is 18.1. The zero-order valence-corrected chi connectivity index (χ0v) is 29.6. The molecule has 0 aliphatic carbocycles. The number of H-pyrrole nitrogens is 1. The van der Waals surface area contributed by atoms with Crippen molar-refractivity contribution in [3.05, 3.63) is 83.7 Å². The maximum absolute atomic E-state index is 15.4. The first kappa shape index (κ1) is 35.5. The smallest absolute Gasteiger partial charge is 0.407 e. The third kappa shape index (κ3) is 7.73. The van der Waals surface area contributed by atoms with Crippen molar-refractivity contribution in [1.29, 1.82) is 0 Å². The molecule has 0 bridgehead atoms. The molecule has 0 radical (unpaired) electrons. The average Bonchev–Trinajstić information content (AvgIpc) is 3.83. The molecular weight excluding hydrogens is 651 g/mol. The summed E-state index contributed by atoms with van der Waals surface area (Å²) in [7, 11) is 1.28. The van der Waals surface area contributed by atoms with E-state index in [0.717, 1.165) is 60.7 Å². The van der Waals surface area contributed by atoms with E-state index in [1.807, 2.05) is 51.1 Å². The molecule has 0 unspecified atom stereocenters. The van der Waals surface area contributed by atoms with Crippen molar-refractivity contribution in [2.45, 2.75) is 58.7 Å². The van der Waals surface area contributed by atoms with E-state index < -0.39 is 23.9 Å². The summed E-state index contributed by atoms with van der Waals surface area (Å²) < 4.78 is 20.1. The van der Waals surface area contributed by atoms with Gasteiger partial charge in [0, 0.05) is 38.4 Å². The van der Waals surface area contributed by atoms with Crippen LogP contribution in [-0.2, 0) is 9.53 Å². The van der Waals surface area contributed by atoms with Crippen LogP contribution in [-0.4, -0.2) is 83.1 Å². The lowest BCUT2D eigenvalue weighted by molar-refractivity contribution is -0.135. The van der Waals surface area contributed by atoms with Gasteiger partial charge in [0.15, 0.2) is 0 Å². The lowest BCUT2D eigenvalue weighted by Gasteiger charge is -2.34. The minimum absolute atomic E-state index is 0.0999. The van der Waals surface area contributed by atoms with E-state index in [1.54, 1.807) is 23.2 Å². The highest BCUT2D eigenvalue weighted by Crippen LogP contribution is 2.34. The topological polar surface area (TPSA) is 145 Å². The summed E-state index contributed by atoms with van der Waals surface area (Å²) in [6.07, 6.45) is 4.21. The number of halogens is 1. The Bertz CT molecular complexity index is 1880. The van der Waals surface area contributed by atoms with E-state index in [9.17, 15) is 14.4 Å². The minimum Gasteiger partial charge on any atom is -0.453 e. The standard InChI is InChI=1S/C38H45FN8O4/c1-22(2)34(45-38(50)51-5)37(49)47-15-6-7-32(47)35-42-21-31(43-35)26-10-8-25(9-11-26)28-18-29(39)30(17-23(28)3)44-36(48)27-12-13-33(41-20-27)46-16-14-40-19-24(46)4/h8-13,17-18,20-22,24,32,34,40H,6-7,14-16,19H2,1-5H3,(H,42,43)(H,44,48)(H,45,50)/t24-,32+,34+/m1/s1. The molecule has 2 saturated heterocycles. The molecule has 4 heterocycles. The molecule has 268 valence electrons. The van der Waals surface area contributed by atoms with Crippen molar-refractivity contribution >= 4 is 29.4 Å². The number of benzene rings is 2. The number of alkyl carbamates (subject to hydrolysis) is 1. The monoisotopic (exact) mass is 696 g/mol. The fraction of sp³-hybridized carbons (Fsp3) is 0.395. The number of rotatable bonds is 9. The summed E-state index contributed by atoms with van der Waals surface area (Å²) >= 11 is 0. The van der Waals surface area contributed by atoms with Gasteiger partial charge in [-0.05, 0) is 79.1 Å². The van der Waals surface area contributed by atoms with Crippen molar-refractivity contribution < 1.29 is 23.5 Å². The molecule has 2 fully saturated rings. The van der Waals surface area contributed by atoms with Crippen molar-refractivity contribution in [2.24, 2.45) is 5.92 Å². The number of carbonyl (C=O) groups is 3. The van der Waals surface area contributed by atoms with Crippen LogP contribution >= 0.6 is 0 Å². The Labute approximate surface area is 297 Å². The molecule has 2 aromatic carbocycles. The number of nitrogens with zero attached hydrogens (tertiary/aromatic N) is 4. The van der Waals surface area contributed by atoms with Gasteiger partial charge in [0.2, 0.25) is 5.91 Å². The van der Waals surface area contributed by atoms with Crippen LogP contribution in [0.5, 0.6) is 0 Å². The lowest BCUT2D eigenvalue weighted by atomic mass is 9.98. The zero-order chi connectivity index (χ0) is 36.2. The SMILES string of the molecule is COC(=O)N[C@H](C(=O)N1CCC[C@H]1c1ncc(-c2ccc(-c3cc(F)c(NC(=O)c4ccc(N5CCNC[C@H]5C)nc4)cc3C)cc2)[nH]1)C(C)C. The molecule has 4 aromatic rings. The number of methoxy groups -OCH3 is 1. The van der Waals surface area contributed by atoms with Crippen LogP contribution in [0.3, 0.4) is 0 Å². The summed E-state index contributed by atoms with van der Waals surface area (Å²) in [5, 5.41) is 8.73. The Morgan fingerprint density at radius 2 is 1.78 bits per heavy atom. The Hall–Kier alpha value is -5.30. The van der Waals surface area contributed by atoms with E-state index in [4.69, 9.17) is 4.74 Å². The molecule has 13 heteroatoms. The van der Waals surface area contributed by atoms with Crippen molar-refractivity contribution in [3.63, 3.8) is 0 Å². The van der Waals surface area contributed by atoms with Gasteiger partial charge >= 0.3 is 6.09 Å². The van der Waals surface area contributed by atoms with Gasteiger partial charge in [-0.2, -0.15) is 0 Å². The van der Waals surface area contributed by atoms with E-state index in [1.165, 1.54) is 19.4 Å². The molecule has 6 rings (SSSR count). The predicted molar refractivity (Wildman–Crippen MR) is 194 cm³/mol. The van der Waals surface area contributed by atoms with Crippen molar-refractivity contribution in [3.8, 4) is 22.4 Å². The number of likely N-dealkylation sites (tertiary alicyclic amines) is 1. The first-order chi connectivity index (χ1) is 24.5. The van der Waals surface area contributed by atoms with Crippen LogP contribution in [0.2, 0.25) is 0 Å². The van der Waals surface area contributed by atoms with Crippen LogP contribution in [0.4, 0.5) is 20.7 Å². The molecule has 3 atom stereocenters. The largest absolute Gasteiger partial charge is 0.453 e. The molecule has 12 nitrogen and oxygen atoms in total. The zero-order valence-electron chi connectivity index (χ0n) is 29.6. The molecule has 2 aliphatic rings. The molecular formula is C38H45FN8O4. The van der Waals surface area contributed by atoms with Crippen LogP contribution in [0.15, 0.2) is 60.9 Å². The quantitative estimate of drug-likeness (QED) is 0.175. The number of amides is 3. The number of piperazine rings is 1. The first-order valence-electron chi connectivity index (χ1n) is 17.4. The summed E-state index contributed by atoms with van der Waals surface area (Å²) in [4.78, 5) is 54.9. The Balaban J connectivity index is 1.12. The third-order valence-electron chi connectivity index (χ3n) is 9.71. The van der Waals surface area contributed by atoms with E-state index in [0.29, 0.717) is 29.5 Å². The van der Waals surface area contributed by atoms with Gasteiger partial charge in [0.25, 0.3) is 5.91 Å². The highest BCUT2D eigenvalue weighted by Gasteiger charge is 2.37. The second-order valence-electron chi connectivity index (χ2n) is 13.6. The van der Waals surface area contributed by atoms with Gasteiger partial charge in [0.05, 0.1) is 36.3 Å². The number of carbonyl (C=O) groups excluding carboxylic acids is 3. The van der Waals surface area contributed by atoms with Crippen LogP contribution in [0.25, 0.3) is 22.4 Å². The summed E-state index contributed by atoms with van der Waals surface area (Å²) in [6, 6.07) is 13.7. The first-order valence-corrected chi connectivity index (χ1v) is 17.4. The van der Waals surface area contributed by atoms with Crippen molar-refractivity contribution in [2.75, 3.05) is 43.5 Å². The number of ether oxygens (including phenoxy) is 1. The lowest BCUT2D eigenvalue weighted by Crippen LogP contribution is -2.51. The maximum Gasteiger partial charge on any atom is 0.407 e. The molecule has 3 amide bonds. The van der Waals surface area contributed by atoms with E-state index in [2.05, 4.69) is 42.7 Å². The van der Waals surface area contributed by atoms with Gasteiger partial charge in [-0.3, -0.25) is 9.59 Å². The maximum atomic E-state index is 15.4. The Morgan fingerprint density at radius 1 is 1.02 bits per heavy atom.